The van der Waals surface area contributed by atoms with Crippen molar-refractivity contribution < 1.29 is 28.9 Å². The number of anilines is 3. The molecule has 1 aromatic rings. The summed E-state index contributed by atoms with van der Waals surface area (Å²) >= 11 is 0. The van der Waals surface area contributed by atoms with Gasteiger partial charge in [0, 0.05) is 6.61 Å². The Morgan fingerprint density at radius 3 is 1.29 bits per heavy atom. The smallest absolute Gasteiger partial charge is 0.284 e. The van der Waals surface area contributed by atoms with Gasteiger partial charge in [0.1, 0.15) is 6.73 Å². The van der Waals surface area contributed by atoms with Gasteiger partial charge in [-0.05, 0) is 41.5 Å². The molecule has 0 atom stereocenters. The van der Waals surface area contributed by atoms with E-state index >= 15 is 0 Å². The summed E-state index contributed by atoms with van der Waals surface area (Å²) in [6.45, 7) is 13.5. The Bertz CT molecular complexity index is 494. The zero-order valence-electron chi connectivity index (χ0n) is 17.6. The molecule has 0 unspecified atom stereocenters. The zero-order valence-corrected chi connectivity index (χ0v) is 17.6. The summed E-state index contributed by atoms with van der Waals surface area (Å²) in [6, 6.07) is 0. The van der Waals surface area contributed by atoms with E-state index in [1.807, 2.05) is 41.5 Å². The molecule has 0 fully saturated rings. The third-order valence-corrected chi connectivity index (χ3v) is 2.83. The van der Waals surface area contributed by atoms with Crippen LogP contribution in [0.25, 0.3) is 0 Å². The molecule has 0 saturated carbocycles. The van der Waals surface area contributed by atoms with Crippen LogP contribution in [0.15, 0.2) is 0 Å². The van der Waals surface area contributed by atoms with Crippen LogP contribution in [0.1, 0.15) is 41.5 Å². The van der Waals surface area contributed by atoms with Crippen LogP contribution in [0.3, 0.4) is 0 Å². The van der Waals surface area contributed by atoms with Gasteiger partial charge < -0.3 is 4.74 Å². The van der Waals surface area contributed by atoms with E-state index in [9.17, 15) is 0 Å². The molecule has 1 aromatic heterocycles. The van der Waals surface area contributed by atoms with Crippen LogP contribution in [0, 0.1) is 0 Å². The van der Waals surface area contributed by atoms with E-state index in [-0.39, 0.29) is 24.6 Å². The maximum atomic E-state index is 5.59. The maximum absolute atomic E-state index is 5.59. The van der Waals surface area contributed by atoms with Crippen molar-refractivity contribution in [2.75, 3.05) is 61.9 Å². The minimum Gasteiger partial charge on any atom is -0.359 e. The maximum Gasteiger partial charge on any atom is 0.284 e. The fourth-order valence-corrected chi connectivity index (χ4v) is 1.88. The fraction of sp³-hybridized carbons (Fsp3) is 0.812. The van der Waals surface area contributed by atoms with Gasteiger partial charge in [-0.3, -0.25) is 4.84 Å². The van der Waals surface area contributed by atoms with Gasteiger partial charge in [-0.2, -0.15) is 20.0 Å². The molecule has 0 bridgehead atoms. The molecule has 0 aliphatic rings. The van der Waals surface area contributed by atoms with E-state index < -0.39 is 0 Å². The molecule has 0 saturated heterocycles. The summed E-state index contributed by atoms with van der Waals surface area (Å²) in [6.07, 6.45) is 0. The van der Waals surface area contributed by atoms with Crippen molar-refractivity contribution in [3.8, 4) is 0 Å². The molecule has 0 spiro atoms. The molecule has 12 nitrogen and oxygen atoms in total. The van der Waals surface area contributed by atoms with Crippen molar-refractivity contribution in [3.05, 3.63) is 0 Å². The van der Waals surface area contributed by atoms with Crippen molar-refractivity contribution in [1.29, 1.82) is 0 Å². The molecule has 0 aliphatic heterocycles. The number of nitrogens with zero attached hydrogens (tertiary/aromatic N) is 6. The summed E-state index contributed by atoms with van der Waals surface area (Å²) in [4.78, 5) is 40.6. The Morgan fingerprint density at radius 2 is 0.929 bits per heavy atom. The van der Waals surface area contributed by atoms with Crippen molar-refractivity contribution in [3.63, 3.8) is 0 Å². The fourth-order valence-electron chi connectivity index (χ4n) is 1.88. The number of rotatable bonds is 16. The number of hydrogen-bond donors (Lipinski definition) is 0. The van der Waals surface area contributed by atoms with Crippen LogP contribution in [0.5, 0.6) is 0 Å². The van der Waals surface area contributed by atoms with Crippen LogP contribution in [-0.2, 0) is 28.9 Å². The first-order valence-electron chi connectivity index (χ1n) is 9.50. The first-order valence-corrected chi connectivity index (χ1v) is 9.50. The quantitative estimate of drug-likeness (QED) is 0.297. The highest BCUT2D eigenvalue weighted by Gasteiger charge is 2.23. The van der Waals surface area contributed by atoms with Gasteiger partial charge in [0.15, 0.2) is 0 Å². The van der Waals surface area contributed by atoms with Crippen LogP contribution in [0.2, 0.25) is 0 Å². The Hall–Kier alpha value is -1.83. The van der Waals surface area contributed by atoms with Crippen LogP contribution < -0.4 is 15.5 Å². The van der Waals surface area contributed by atoms with E-state index in [4.69, 9.17) is 28.9 Å². The molecule has 28 heavy (non-hydrogen) atoms. The van der Waals surface area contributed by atoms with Gasteiger partial charge in [0.2, 0.25) is 0 Å². The van der Waals surface area contributed by atoms with Crippen molar-refractivity contribution in [2.45, 2.75) is 41.5 Å². The van der Waals surface area contributed by atoms with Gasteiger partial charge in [0.25, 0.3) is 17.8 Å². The van der Waals surface area contributed by atoms with Crippen molar-refractivity contribution in [1.82, 2.24) is 15.0 Å². The first kappa shape index (κ1) is 24.2. The summed E-state index contributed by atoms with van der Waals surface area (Å²) in [5.41, 5.74) is 0. The Labute approximate surface area is 166 Å². The molecule has 0 radical (unpaired) electrons. The molecule has 0 aromatic carbocycles. The molecule has 1 rings (SSSR count). The number of aromatic nitrogens is 3. The second-order valence-electron chi connectivity index (χ2n) is 4.84. The number of ether oxygens (including phenoxy) is 1. The van der Waals surface area contributed by atoms with E-state index in [0.29, 0.717) is 39.6 Å². The average Bonchev–Trinajstić information content (AvgIpc) is 2.70. The molecule has 12 heteroatoms. The topological polar surface area (TPSA) is 104 Å². The lowest BCUT2D eigenvalue weighted by atomic mass is 10.8. The van der Waals surface area contributed by atoms with Crippen molar-refractivity contribution in [2.24, 2.45) is 0 Å². The van der Waals surface area contributed by atoms with Gasteiger partial charge in [-0.15, -0.1) is 0 Å². The van der Waals surface area contributed by atoms with Gasteiger partial charge in [-0.25, -0.2) is 19.4 Å². The van der Waals surface area contributed by atoms with Crippen LogP contribution >= 0.6 is 0 Å². The molecule has 0 N–H and O–H groups in total. The zero-order chi connectivity index (χ0) is 20.8. The summed E-state index contributed by atoms with van der Waals surface area (Å²) in [5.74, 6) is 0.396. The number of hydrogen-bond acceptors (Lipinski definition) is 12. The van der Waals surface area contributed by atoms with E-state index in [2.05, 4.69) is 15.0 Å². The van der Waals surface area contributed by atoms with Gasteiger partial charge in [0.05, 0.1) is 33.0 Å². The lowest BCUT2D eigenvalue weighted by Crippen LogP contribution is -2.33. The van der Waals surface area contributed by atoms with Crippen LogP contribution in [0.4, 0.5) is 17.8 Å². The number of hydroxylamine groups is 1. The Morgan fingerprint density at radius 1 is 0.536 bits per heavy atom. The predicted molar refractivity (Wildman–Crippen MR) is 102 cm³/mol. The monoisotopic (exact) mass is 404 g/mol. The SMILES string of the molecule is CCOCN(OCC)c1nc(N(OCC)OCC)nc(N(OCC)OCC)n1. The van der Waals surface area contributed by atoms with E-state index in [1.54, 1.807) is 0 Å². The predicted octanol–water partition coefficient (Wildman–Crippen LogP) is 2.04. The molecule has 162 valence electrons. The molecular formula is C16H32N6O6. The highest BCUT2D eigenvalue weighted by Crippen LogP contribution is 2.21. The minimum atomic E-state index is 0.106. The summed E-state index contributed by atoms with van der Waals surface area (Å²) in [7, 11) is 0. The normalized spacial score (nSPS) is 10.9. The Kier molecular flexibility index (Phi) is 12.3. The third-order valence-electron chi connectivity index (χ3n) is 2.83. The lowest BCUT2D eigenvalue weighted by Gasteiger charge is -2.25. The highest BCUT2D eigenvalue weighted by atomic mass is 17.0. The Balaban J connectivity index is 3.37. The van der Waals surface area contributed by atoms with Gasteiger partial charge >= 0.3 is 0 Å². The summed E-state index contributed by atoms with van der Waals surface area (Å²) in [5, 5.41) is 3.65. The first-order chi connectivity index (χ1) is 13.6. The lowest BCUT2D eigenvalue weighted by molar-refractivity contribution is -0.0899. The molecule has 1 heterocycles. The average molecular weight is 404 g/mol. The molecule has 0 amide bonds. The molecular weight excluding hydrogens is 372 g/mol. The molecule has 0 aliphatic carbocycles. The van der Waals surface area contributed by atoms with Gasteiger partial charge in [-0.1, -0.05) is 10.5 Å². The second kappa shape index (κ2) is 14.2. The second-order valence-corrected chi connectivity index (χ2v) is 4.84. The summed E-state index contributed by atoms with van der Waals surface area (Å²) < 4.78 is 5.44. The third kappa shape index (κ3) is 7.66. The van der Waals surface area contributed by atoms with Crippen molar-refractivity contribution >= 4 is 17.8 Å². The van der Waals surface area contributed by atoms with E-state index in [0.717, 1.165) is 10.5 Å². The van der Waals surface area contributed by atoms with E-state index in [1.165, 1.54) is 5.06 Å². The highest BCUT2D eigenvalue weighted by molar-refractivity contribution is 5.41. The minimum absolute atomic E-state index is 0.106. The largest absolute Gasteiger partial charge is 0.359 e. The van der Waals surface area contributed by atoms with Crippen LogP contribution in [-0.4, -0.2) is 61.3 Å². The standard InChI is InChI=1S/C16H32N6O6/c1-7-23-13-20(24-8-2)14-17-15(21(25-9-3)26-10-4)19-16(18-14)22(27-11-5)28-12-6/h7-13H2,1-6H3.